The van der Waals surface area contributed by atoms with Gasteiger partial charge < -0.3 is 9.47 Å². The van der Waals surface area contributed by atoms with Crippen LogP contribution in [0.2, 0.25) is 0 Å². The molecule has 0 aromatic heterocycles. The largest absolute Gasteiger partial charge is 0.494 e. The minimum Gasteiger partial charge on any atom is -0.494 e. The van der Waals surface area contributed by atoms with Crippen molar-refractivity contribution in [2.24, 2.45) is 0 Å². The van der Waals surface area contributed by atoms with E-state index >= 15 is 0 Å². The second-order valence-corrected chi connectivity index (χ2v) is 9.38. The molecule has 0 saturated heterocycles. The SMILES string of the molecule is CC1(C)CC2=CC3=C(C(=O)CC(=O)c4ccc5ccccc5c4)C(=O)OC3(C)C(=O)C2=CO1. The molecule has 1 aliphatic carbocycles. The molecule has 33 heavy (non-hydrogen) atoms. The van der Waals surface area contributed by atoms with Crippen LogP contribution in [0.5, 0.6) is 0 Å². The van der Waals surface area contributed by atoms with Crippen LogP contribution in [0.4, 0.5) is 0 Å². The molecule has 6 heteroatoms. The van der Waals surface area contributed by atoms with E-state index in [1.165, 1.54) is 13.2 Å². The van der Waals surface area contributed by atoms with Crippen molar-refractivity contribution in [2.75, 3.05) is 0 Å². The zero-order chi connectivity index (χ0) is 23.5. The van der Waals surface area contributed by atoms with Crippen molar-refractivity contribution in [2.45, 2.75) is 44.8 Å². The first-order chi connectivity index (χ1) is 15.6. The van der Waals surface area contributed by atoms with Gasteiger partial charge in [-0.2, -0.15) is 0 Å². The van der Waals surface area contributed by atoms with Crippen LogP contribution in [0, 0.1) is 0 Å². The summed E-state index contributed by atoms with van der Waals surface area (Å²) in [7, 11) is 0. The second-order valence-electron chi connectivity index (χ2n) is 9.38. The van der Waals surface area contributed by atoms with Crippen molar-refractivity contribution in [3.8, 4) is 0 Å². The molecule has 0 amide bonds. The molecule has 0 spiro atoms. The number of benzene rings is 2. The van der Waals surface area contributed by atoms with E-state index < -0.39 is 40.9 Å². The fourth-order valence-corrected chi connectivity index (χ4v) is 4.63. The third-order valence-electron chi connectivity index (χ3n) is 6.41. The number of ketones is 3. The minimum absolute atomic E-state index is 0.221. The highest BCUT2D eigenvalue weighted by molar-refractivity contribution is 6.28. The molecule has 0 fully saturated rings. The highest BCUT2D eigenvalue weighted by Crippen LogP contribution is 2.46. The third kappa shape index (κ3) is 3.33. The average Bonchev–Trinajstić information content (AvgIpc) is 3.03. The van der Waals surface area contributed by atoms with Crippen molar-refractivity contribution >= 4 is 34.1 Å². The standard InChI is InChI=1S/C27H22O6/c1-26(2)13-18-11-20-23(25(31)33-27(20,3)24(30)19(18)14-32-26)22(29)12-21(28)17-9-8-15-6-4-5-7-16(15)10-17/h4-11,14H,12-13H2,1-3H3. The van der Waals surface area contributed by atoms with E-state index in [4.69, 9.17) is 9.47 Å². The summed E-state index contributed by atoms with van der Waals surface area (Å²) in [5, 5.41) is 1.87. The van der Waals surface area contributed by atoms with E-state index in [0.717, 1.165) is 10.8 Å². The Labute approximate surface area is 190 Å². The smallest absolute Gasteiger partial charge is 0.343 e. The lowest BCUT2D eigenvalue weighted by atomic mass is 9.74. The Morgan fingerprint density at radius 1 is 0.970 bits per heavy atom. The van der Waals surface area contributed by atoms with Crippen LogP contribution in [0.15, 0.2) is 77.1 Å². The van der Waals surface area contributed by atoms with Gasteiger partial charge in [-0.25, -0.2) is 4.79 Å². The number of Topliss-reactive ketones (excluding diaryl/α,β-unsaturated/α-hetero) is 3. The second kappa shape index (κ2) is 7.10. The van der Waals surface area contributed by atoms with Gasteiger partial charge in [0.2, 0.25) is 5.78 Å². The van der Waals surface area contributed by atoms with Crippen molar-refractivity contribution in [3.05, 3.63) is 82.7 Å². The highest BCUT2D eigenvalue weighted by Gasteiger charge is 2.55. The lowest BCUT2D eigenvalue weighted by Crippen LogP contribution is -2.43. The van der Waals surface area contributed by atoms with E-state index in [1.54, 1.807) is 18.2 Å². The van der Waals surface area contributed by atoms with Crippen LogP contribution in [-0.4, -0.2) is 34.5 Å². The van der Waals surface area contributed by atoms with Crippen LogP contribution in [0.1, 0.15) is 44.0 Å². The molecular formula is C27H22O6. The molecule has 3 aliphatic rings. The summed E-state index contributed by atoms with van der Waals surface area (Å²) >= 11 is 0. The maximum Gasteiger partial charge on any atom is 0.343 e. The molecule has 1 unspecified atom stereocenters. The van der Waals surface area contributed by atoms with Crippen molar-refractivity contribution in [3.63, 3.8) is 0 Å². The Kier molecular flexibility index (Phi) is 4.53. The van der Waals surface area contributed by atoms with Gasteiger partial charge in [-0.15, -0.1) is 0 Å². The van der Waals surface area contributed by atoms with Crippen LogP contribution in [-0.2, 0) is 23.9 Å². The van der Waals surface area contributed by atoms with Gasteiger partial charge in [0.1, 0.15) is 11.2 Å². The number of esters is 1. The zero-order valence-electron chi connectivity index (χ0n) is 18.6. The molecule has 1 atom stereocenters. The lowest BCUT2D eigenvalue weighted by Gasteiger charge is -2.37. The average molecular weight is 442 g/mol. The predicted molar refractivity (Wildman–Crippen MR) is 120 cm³/mol. The normalized spacial score (nSPS) is 23.2. The Morgan fingerprint density at radius 2 is 1.70 bits per heavy atom. The van der Waals surface area contributed by atoms with Gasteiger partial charge in [0.25, 0.3) is 0 Å². The van der Waals surface area contributed by atoms with Gasteiger partial charge in [0, 0.05) is 17.6 Å². The van der Waals surface area contributed by atoms with Crippen LogP contribution in [0.25, 0.3) is 10.8 Å². The number of rotatable bonds is 4. The zero-order valence-corrected chi connectivity index (χ0v) is 18.6. The minimum atomic E-state index is -1.60. The third-order valence-corrected chi connectivity index (χ3v) is 6.41. The summed E-state index contributed by atoms with van der Waals surface area (Å²) in [5.41, 5.74) is -0.717. The number of hydrogen-bond donors (Lipinski definition) is 0. The van der Waals surface area contributed by atoms with E-state index in [9.17, 15) is 19.2 Å². The summed E-state index contributed by atoms with van der Waals surface area (Å²) in [6.45, 7) is 5.25. The van der Waals surface area contributed by atoms with Crippen LogP contribution in [0.3, 0.4) is 0 Å². The van der Waals surface area contributed by atoms with Gasteiger partial charge in [0.05, 0.1) is 18.3 Å². The number of ether oxygens (including phenoxy) is 2. The first-order valence-corrected chi connectivity index (χ1v) is 10.8. The maximum absolute atomic E-state index is 13.2. The molecule has 166 valence electrons. The Balaban J connectivity index is 1.50. The molecule has 6 nitrogen and oxygen atoms in total. The number of fused-ring (bicyclic) bond motifs is 3. The molecule has 0 radical (unpaired) electrons. The Bertz CT molecular complexity index is 1370. The topological polar surface area (TPSA) is 86.7 Å². The summed E-state index contributed by atoms with van der Waals surface area (Å²) < 4.78 is 11.0. The Morgan fingerprint density at radius 3 is 2.45 bits per heavy atom. The monoisotopic (exact) mass is 442 g/mol. The van der Waals surface area contributed by atoms with Crippen molar-refractivity contribution < 1.29 is 28.7 Å². The van der Waals surface area contributed by atoms with Crippen molar-refractivity contribution in [1.82, 2.24) is 0 Å². The summed E-state index contributed by atoms with van der Waals surface area (Å²) in [6, 6.07) is 12.8. The van der Waals surface area contributed by atoms with Gasteiger partial charge >= 0.3 is 5.97 Å². The van der Waals surface area contributed by atoms with Gasteiger partial charge in [-0.05, 0) is 49.3 Å². The predicted octanol–water partition coefficient (Wildman–Crippen LogP) is 4.19. The molecule has 2 aromatic rings. The molecular weight excluding hydrogens is 420 g/mol. The van der Waals surface area contributed by atoms with Crippen LogP contribution < -0.4 is 0 Å². The Hall–Kier alpha value is -3.80. The van der Waals surface area contributed by atoms with Gasteiger partial charge in [-0.1, -0.05) is 36.4 Å². The quantitative estimate of drug-likeness (QED) is 0.306. The van der Waals surface area contributed by atoms with E-state index in [1.807, 2.05) is 44.2 Å². The highest BCUT2D eigenvalue weighted by atomic mass is 16.6. The molecule has 2 aliphatic heterocycles. The van der Waals surface area contributed by atoms with E-state index in [-0.39, 0.29) is 11.1 Å². The lowest BCUT2D eigenvalue weighted by molar-refractivity contribution is -0.153. The summed E-state index contributed by atoms with van der Waals surface area (Å²) in [4.78, 5) is 51.9. The van der Waals surface area contributed by atoms with Crippen molar-refractivity contribution in [1.29, 1.82) is 0 Å². The number of carbonyl (C=O) groups excluding carboxylic acids is 4. The van der Waals surface area contributed by atoms with E-state index in [2.05, 4.69) is 0 Å². The molecule has 0 bridgehead atoms. The first kappa shape index (κ1) is 21.1. The molecule has 0 N–H and O–H groups in total. The van der Waals surface area contributed by atoms with Gasteiger partial charge in [0.15, 0.2) is 17.2 Å². The first-order valence-electron chi connectivity index (χ1n) is 10.8. The number of hydrogen-bond acceptors (Lipinski definition) is 6. The van der Waals surface area contributed by atoms with Crippen LogP contribution >= 0.6 is 0 Å². The fraction of sp³-hybridized carbons (Fsp3) is 0.259. The summed E-state index contributed by atoms with van der Waals surface area (Å²) in [5.74, 6) is -2.36. The van der Waals surface area contributed by atoms with E-state index in [0.29, 0.717) is 23.1 Å². The van der Waals surface area contributed by atoms with Gasteiger partial charge in [-0.3, -0.25) is 14.4 Å². The molecule has 2 heterocycles. The fourth-order valence-electron chi connectivity index (χ4n) is 4.63. The molecule has 2 aromatic carbocycles. The molecule has 0 saturated carbocycles. The molecule has 5 rings (SSSR count). The summed E-state index contributed by atoms with van der Waals surface area (Å²) in [6.07, 6.45) is 3.03. The maximum atomic E-state index is 13.2. The number of carbonyl (C=O) groups is 4.